The average Bonchev–Trinajstić information content (AvgIpc) is 3.62. The molecule has 1 aliphatic heterocycles. The zero-order valence-corrected chi connectivity index (χ0v) is 22.7. The molecule has 0 spiro atoms. The number of halogens is 2. The Morgan fingerprint density at radius 2 is 1.97 bits per heavy atom. The quantitative estimate of drug-likeness (QED) is 0.325. The second kappa shape index (κ2) is 8.95. The highest BCUT2D eigenvalue weighted by atomic mass is 35.5. The molecule has 12 heteroatoms. The van der Waals surface area contributed by atoms with E-state index in [-0.39, 0.29) is 5.41 Å². The Kier molecular flexibility index (Phi) is 5.80. The minimum atomic E-state index is -0.391. The summed E-state index contributed by atoms with van der Waals surface area (Å²) in [4.78, 5) is 11.5. The van der Waals surface area contributed by atoms with Gasteiger partial charge in [-0.3, -0.25) is 4.68 Å². The van der Waals surface area contributed by atoms with Crippen molar-refractivity contribution in [3.63, 3.8) is 0 Å². The lowest BCUT2D eigenvalue weighted by atomic mass is 9.91. The monoisotopic (exact) mass is 537 g/mol. The number of nitrogens with zero attached hydrogens (tertiary/aromatic N) is 8. The lowest BCUT2D eigenvalue weighted by Crippen LogP contribution is -2.24. The van der Waals surface area contributed by atoms with Crippen molar-refractivity contribution in [1.82, 2.24) is 38.8 Å². The molecule has 198 valence electrons. The van der Waals surface area contributed by atoms with Crippen LogP contribution in [0.15, 0.2) is 36.8 Å². The summed E-state index contributed by atoms with van der Waals surface area (Å²) in [7, 11) is 4.00. The molecule has 6 rings (SSSR count). The van der Waals surface area contributed by atoms with Gasteiger partial charge in [0, 0.05) is 30.8 Å². The summed E-state index contributed by atoms with van der Waals surface area (Å²) in [5.41, 5.74) is 2.79. The lowest BCUT2D eigenvalue weighted by Gasteiger charge is -2.23. The Hall–Kier alpha value is -3.70. The number of nitrogens with one attached hydrogen (secondary N) is 1. The number of fused-ring (bicyclic) bond motifs is 2. The fourth-order valence-corrected chi connectivity index (χ4v) is 5.25. The predicted octanol–water partition coefficient (Wildman–Crippen LogP) is 5.32. The largest absolute Gasteiger partial charge is 0.450 e. The highest BCUT2D eigenvalue weighted by Gasteiger charge is 2.29. The minimum absolute atomic E-state index is 0.0680. The third-order valence-corrected chi connectivity index (χ3v) is 7.29. The normalized spacial score (nSPS) is 16.7. The van der Waals surface area contributed by atoms with E-state index >= 15 is 0 Å². The Labute approximate surface area is 224 Å². The van der Waals surface area contributed by atoms with Crippen LogP contribution in [0.5, 0.6) is 11.5 Å². The first-order chi connectivity index (χ1) is 18.1. The van der Waals surface area contributed by atoms with E-state index in [1.807, 2.05) is 11.6 Å². The van der Waals surface area contributed by atoms with Crippen LogP contribution in [-0.4, -0.2) is 59.0 Å². The number of anilines is 2. The molecule has 0 unspecified atom stereocenters. The zero-order chi connectivity index (χ0) is 26.8. The summed E-state index contributed by atoms with van der Waals surface area (Å²) in [6, 6.07) is 5.37. The molecule has 1 atom stereocenters. The molecule has 1 saturated heterocycles. The second-order valence-electron chi connectivity index (χ2n) is 10.8. The maximum absolute atomic E-state index is 13.5. The van der Waals surface area contributed by atoms with Gasteiger partial charge in [-0.15, -0.1) is 0 Å². The molecule has 1 fully saturated rings. The SMILES string of the molecule is CN1CC[C@@H](n2nc(Nc3nc4ncc(Oc5cnn6cc(F)ccc56)c(Cl)c4n3C)cc2C(C)(C)C)C1. The zero-order valence-electron chi connectivity index (χ0n) is 21.9. The number of aromatic nitrogens is 7. The maximum atomic E-state index is 13.5. The van der Waals surface area contributed by atoms with Crippen molar-refractivity contribution in [2.75, 3.05) is 25.5 Å². The highest BCUT2D eigenvalue weighted by Crippen LogP contribution is 2.37. The minimum Gasteiger partial charge on any atom is -0.450 e. The molecule has 1 N–H and O–H groups in total. The molecule has 1 aliphatic rings. The van der Waals surface area contributed by atoms with Gasteiger partial charge in [0.05, 0.1) is 24.6 Å². The number of hydrogen-bond donors (Lipinski definition) is 1. The van der Waals surface area contributed by atoms with Gasteiger partial charge in [-0.2, -0.15) is 15.2 Å². The maximum Gasteiger partial charge on any atom is 0.210 e. The number of hydrogen-bond acceptors (Lipinski definition) is 7. The van der Waals surface area contributed by atoms with Crippen LogP contribution in [0.3, 0.4) is 0 Å². The van der Waals surface area contributed by atoms with E-state index in [1.165, 1.54) is 34.9 Å². The van der Waals surface area contributed by atoms with E-state index in [0.717, 1.165) is 19.5 Å². The van der Waals surface area contributed by atoms with Crippen LogP contribution < -0.4 is 10.1 Å². The van der Waals surface area contributed by atoms with Gasteiger partial charge in [-0.05, 0) is 32.1 Å². The van der Waals surface area contributed by atoms with Crippen molar-refractivity contribution < 1.29 is 9.13 Å². The van der Waals surface area contributed by atoms with Crippen molar-refractivity contribution in [2.45, 2.75) is 38.6 Å². The van der Waals surface area contributed by atoms with Crippen molar-refractivity contribution in [3.05, 3.63) is 53.3 Å². The third-order valence-electron chi connectivity index (χ3n) is 6.93. The van der Waals surface area contributed by atoms with Gasteiger partial charge in [-0.1, -0.05) is 32.4 Å². The third kappa shape index (κ3) is 4.25. The number of imidazole rings is 1. The molecule has 0 saturated carbocycles. The molecule has 5 aromatic rings. The molecule has 0 amide bonds. The molecule has 0 aromatic carbocycles. The molecule has 6 heterocycles. The van der Waals surface area contributed by atoms with Crippen molar-refractivity contribution in [1.29, 1.82) is 0 Å². The van der Waals surface area contributed by atoms with Crippen LogP contribution in [0, 0.1) is 5.82 Å². The number of aryl methyl sites for hydroxylation is 1. The van der Waals surface area contributed by atoms with Crippen molar-refractivity contribution in [2.24, 2.45) is 7.05 Å². The van der Waals surface area contributed by atoms with E-state index in [0.29, 0.717) is 51.0 Å². The van der Waals surface area contributed by atoms with E-state index in [4.69, 9.17) is 21.4 Å². The Bertz CT molecular complexity index is 1660. The average molecular weight is 538 g/mol. The molecule has 0 bridgehead atoms. The number of rotatable bonds is 5. The Morgan fingerprint density at radius 1 is 1.16 bits per heavy atom. The summed E-state index contributed by atoms with van der Waals surface area (Å²) >= 11 is 6.78. The molecule has 38 heavy (non-hydrogen) atoms. The molecular formula is C26H29ClFN9O. The fraction of sp³-hybridized carbons (Fsp3) is 0.385. The van der Waals surface area contributed by atoms with Gasteiger partial charge < -0.3 is 19.5 Å². The van der Waals surface area contributed by atoms with E-state index < -0.39 is 5.82 Å². The molecule has 10 nitrogen and oxygen atoms in total. The van der Waals surface area contributed by atoms with Crippen LogP contribution in [0.4, 0.5) is 16.2 Å². The number of pyridine rings is 2. The Balaban J connectivity index is 1.33. The second-order valence-corrected chi connectivity index (χ2v) is 11.2. The fourth-order valence-electron chi connectivity index (χ4n) is 4.95. The summed E-state index contributed by atoms with van der Waals surface area (Å²) in [6.07, 6.45) is 5.38. The van der Waals surface area contributed by atoms with E-state index in [2.05, 4.69) is 63.9 Å². The van der Waals surface area contributed by atoms with Crippen LogP contribution in [0.2, 0.25) is 5.02 Å². The molecule has 0 aliphatic carbocycles. The summed E-state index contributed by atoms with van der Waals surface area (Å²) in [5.74, 6) is 1.67. The number of ether oxygens (including phenoxy) is 1. The first kappa shape index (κ1) is 24.6. The molecular weight excluding hydrogens is 509 g/mol. The summed E-state index contributed by atoms with van der Waals surface area (Å²) in [5, 5.41) is 12.8. The van der Waals surface area contributed by atoms with Gasteiger partial charge in [0.25, 0.3) is 0 Å². The first-order valence-corrected chi connectivity index (χ1v) is 12.8. The smallest absolute Gasteiger partial charge is 0.210 e. The summed E-state index contributed by atoms with van der Waals surface area (Å²) < 4.78 is 25.0. The van der Waals surface area contributed by atoms with Crippen LogP contribution >= 0.6 is 11.6 Å². The van der Waals surface area contributed by atoms with Crippen molar-refractivity contribution in [3.8, 4) is 11.5 Å². The highest BCUT2D eigenvalue weighted by molar-refractivity contribution is 6.36. The number of likely N-dealkylation sites (tertiary alicyclic amines) is 1. The van der Waals surface area contributed by atoms with Gasteiger partial charge in [0.1, 0.15) is 21.9 Å². The molecule has 5 aromatic heterocycles. The predicted molar refractivity (Wildman–Crippen MR) is 144 cm³/mol. The van der Waals surface area contributed by atoms with Gasteiger partial charge >= 0.3 is 0 Å². The topological polar surface area (TPSA) is 90.3 Å². The van der Waals surface area contributed by atoms with E-state index in [1.54, 1.807) is 6.07 Å². The molecule has 0 radical (unpaired) electrons. The Morgan fingerprint density at radius 3 is 2.71 bits per heavy atom. The van der Waals surface area contributed by atoms with Crippen molar-refractivity contribution >= 4 is 40.0 Å². The van der Waals surface area contributed by atoms with Gasteiger partial charge in [0.15, 0.2) is 23.0 Å². The standard InChI is InChI=1S/C26H29ClFN9O/c1-26(2,3)20-10-21(33-37(20)16-8-9-34(4)14-16)31-25-32-24-23(35(25)5)22(27)19(11-29-24)38-18-12-30-36-13-15(28)6-7-17(18)36/h6-7,10-13,16H,8-9,14H2,1-5H3,(H,29,31,32,33)/t16-/m1/s1. The van der Waals surface area contributed by atoms with E-state index in [9.17, 15) is 4.39 Å². The summed E-state index contributed by atoms with van der Waals surface area (Å²) in [6.45, 7) is 8.62. The van der Waals surface area contributed by atoms with Gasteiger partial charge in [-0.25, -0.2) is 13.9 Å². The first-order valence-electron chi connectivity index (χ1n) is 12.5. The van der Waals surface area contributed by atoms with Crippen LogP contribution in [0.1, 0.15) is 38.9 Å². The lowest BCUT2D eigenvalue weighted by molar-refractivity contribution is 0.366. The number of likely N-dealkylation sites (N-methyl/N-ethyl adjacent to an activating group) is 1. The van der Waals surface area contributed by atoms with Gasteiger partial charge in [0.2, 0.25) is 5.95 Å². The van der Waals surface area contributed by atoms with Crippen LogP contribution in [0.25, 0.3) is 16.7 Å². The van der Waals surface area contributed by atoms with Crippen LogP contribution in [-0.2, 0) is 12.5 Å².